The van der Waals surface area contributed by atoms with Gasteiger partial charge in [-0.15, -0.1) is 0 Å². The quantitative estimate of drug-likeness (QED) is 0.607. The Morgan fingerprint density at radius 1 is 1.00 bits per heavy atom. The van der Waals surface area contributed by atoms with Crippen molar-refractivity contribution in [1.29, 1.82) is 0 Å². The monoisotopic (exact) mass is 238 g/mol. The van der Waals surface area contributed by atoms with Crippen LogP contribution in [0.2, 0.25) is 0 Å². The molecule has 82 valence electrons. The highest BCUT2D eigenvalue weighted by Gasteiger charge is 2.09. The first-order valence-electron chi connectivity index (χ1n) is 4.60. The number of halogens is 2. The fourth-order valence-electron chi connectivity index (χ4n) is 1.17. The summed E-state index contributed by atoms with van der Waals surface area (Å²) in [5, 5.41) is 0.505. The molecule has 0 saturated carbocycles. The number of hydrogen-bond donors (Lipinski definition) is 0. The molecule has 1 aromatic heterocycles. The van der Waals surface area contributed by atoms with Crippen LogP contribution < -0.4 is 0 Å². The maximum Gasteiger partial charge on any atom is 0.187 e. The van der Waals surface area contributed by atoms with Crippen LogP contribution in [-0.2, 0) is 5.75 Å². The molecule has 0 aliphatic rings. The lowest BCUT2D eigenvalue weighted by atomic mass is 10.2. The predicted molar refractivity (Wildman–Crippen MR) is 58.0 cm³/mol. The smallest absolute Gasteiger partial charge is 0.187 e. The Labute approximate surface area is 95.7 Å². The number of benzene rings is 1. The van der Waals surface area contributed by atoms with Gasteiger partial charge in [0.25, 0.3) is 0 Å². The van der Waals surface area contributed by atoms with Crippen LogP contribution in [-0.4, -0.2) is 9.97 Å². The fourth-order valence-corrected chi connectivity index (χ4v) is 1.99. The van der Waals surface area contributed by atoms with Gasteiger partial charge < -0.3 is 0 Å². The molecule has 0 spiro atoms. The van der Waals surface area contributed by atoms with Crippen molar-refractivity contribution in [3.63, 3.8) is 0 Å². The van der Waals surface area contributed by atoms with Crippen molar-refractivity contribution >= 4 is 11.8 Å². The fraction of sp³-hybridized carbons (Fsp3) is 0.0909. The number of thioether (sulfide) groups is 1. The maximum atomic E-state index is 13.3. The minimum Gasteiger partial charge on any atom is -0.231 e. The first-order valence-corrected chi connectivity index (χ1v) is 5.58. The summed E-state index contributed by atoms with van der Waals surface area (Å²) in [5.41, 5.74) is 0.0555. The molecule has 0 fully saturated rings. The van der Waals surface area contributed by atoms with Crippen molar-refractivity contribution in [2.75, 3.05) is 0 Å². The van der Waals surface area contributed by atoms with Gasteiger partial charge in [0.05, 0.1) is 0 Å². The molecule has 1 aromatic carbocycles. The lowest BCUT2D eigenvalue weighted by Crippen LogP contribution is -1.93. The van der Waals surface area contributed by atoms with Crippen molar-refractivity contribution in [2.24, 2.45) is 0 Å². The van der Waals surface area contributed by atoms with Gasteiger partial charge >= 0.3 is 0 Å². The second-order valence-corrected chi connectivity index (χ2v) is 3.96. The van der Waals surface area contributed by atoms with Crippen LogP contribution in [0.15, 0.2) is 41.8 Å². The van der Waals surface area contributed by atoms with E-state index in [1.807, 2.05) is 0 Å². The normalized spacial score (nSPS) is 10.4. The molecule has 0 radical (unpaired) electrons. The Morgan fingerprint density at radius 3 is 2.25 bits per heavy atom. The first kappa shape index (κ1) is 11.0. The first-order chi connectivity index (χ1) is 7.77. The minimum atomic E-state index is -0.538. The largest absolute Gasteiger partial charge is 0.231 e. The van der Waals surface area contributed by atoms with Crippen LogP contribution in [0, 0.1) is 11.6 Å². The predicted octanol–water partition coefficient (Wildman–Crippen LogP) is 3.05. The topological polar surface area (TPSA) is 25.8 Å². The summed E-state index contributed by atoms with van der Waals surface area (Å²) in [5.74, 6) is -0.894. The summed E-state index contributed by atoms with van der Waals surface area (Å²) < 4.78 is 26.5. The van der Waals surface area contributed by atoms with Crippen molar-refractivity contribution in [1.82, 2.24) is 9.97 Å². The Morgan fingerprint density at radius 2 is 1.62 bits per heavy atom. The maximum absolute atomic E-state index is 13.3. The summed E-state index contributed by atoms with van der Waals surface area (Å²) in [4.78, 5) is 7.92. The van der Waals surface area contributed by atoms with Crippen molar-refractivity contribution in [3.8, 4) is 0 Å². The number of nitrogens with zero attached hydrogens (tertiary/aromatic N) is 2. The molecule has 2 rings (SSSR count). The van der Waals surface area contributed by atoms with E-state index >= 15 is 0 Å². The molecule has 0 amide bonds. The third-order valence-corrected chi connectivity index (χ3v) is 2.85. The van der Waals surface area contributed by atoms with E-state index in [9.17, 15) is 8.78 Å². The van der Waals surface area contributed by atoms with Crippen molar-refractivity contribution in [3.05, 3.63) is 53.9 Å². The highest BCUT2D eigenvalue weighted by atomic mass is 32.2. The summed E-state index contributed by atoms with van der Waals surface area (Å²) >= 11 is 1.20. The standard InChI is InChI=1S/C11H8F2N2S/c12-9-3-1-4-10(13)8(9)7-16-11-14-5-2-6-15-11/h1-6H,7H2. The molecule has 2 aromatic rings. The highest BCUT2D eigenvalue weighted by molar-refractivity contribution is 7.98. The second-order valence-electron chi connectivity index (χ2n) is 3.02. The van der Waals surface area contributed by atoms with E-state index in [0.717, 1.165) is 0 Å². The molecule has 0 saturated heterocycles. The zero-order valence-electron chi connectivity index (χ0n) is 8.23. The van der Waals surface area contributed by atoms with Gasteiger partial charge in [-0.25, -0.2) is 18.7 Å². The van der Waals surface area contributed by atoms with E-state index in [0.29, 0.717) is 5.16 Å². The van der Waals surface area contributed by atoms with E-state index in [-0.39, 0.29) is 11.3 Å². The van der Waals surface area contributed by atoms with Crippen LogP contribution in [0.5, 0.6) is 0 Å². The van der Waals surface area contributed by atoms with Gasteiger partial charge in [-0.1, -0.05) is 17.8 Å². The highest BCUT2D eigenvalue weighted by Crippen LogP contribution is 2.22. The molecule has 0 unspecified atom stereocenters. The molecular formula is C11H8F2N2S. The molecule has 0 aliphatic carbocycles. The Hall–Kier alpha value is -1.49. The van der Waals surface area contributed by atoms with Crippen molar-refractivity contribution in [2.45, 2.75) is 10.9 Å². The Bertz CT molecular complexity index is 456. The van der Waals surface area contributed by atoms with E-state index in [1.165, 1.54) is 30.0 Å². The van der Waals surface area contributed by atoms with E-state index < -0.39 is 11.6 Å². The Balaban J connectivity index is 2.11. The summed E-state index contributed by atoms with van der Waals surface area (Å²) in [6.45, 7) is 0. The van der Waals surface area contributed by atoms with Gasteiger partial charge in [-0.05, 0) is 18.2 Å². The van der Waals surface area contributed by atoms with Gasteiger partial charge in [-0.2, -0.15) is 0 Å². The summed E-state index contributed by atoms with van der Waals surface area (Å²) in [7, 11) is 0. The lowest BCUT2D eigenvalue weighted by molar-refractivity contribution is 0.566. The molecule has 0 atom stereocenters. The number of aromatic nitrogens is 2. The third kappa shape index (κ3) is 2.55. The van der Waals surface area contributed by atoms with Crippen LogP contribution >= 0.6 is 11.8 Å². The third-order valence-electron chi connectivity index (χ3n) is 1.95. The van der Waals surface area contributed by atoms with Crippen LogP contribution in [0.3, 0.4) is 0 Å². The average molecular weight is 238 g/mol. The van der Waals surface area contributed by atoms with Crippen LogP contribution in [0.4, 0.5) is 8.78 Å². The van der Waals surface area contributed by atoms with Gasteiger partial charge in [-0.3, -0.25) is 0 Å². The van der Waals surface area contributed by atoms with Gasteiger partial charge in [0.2, 0.25) is 0 Å². The molecular weight excluding hydrogens is 230 g/mol. The number of hydrogen-bond acceptors (Lipinski definition) is 3. The molecule has 1 heterocycles. The molecule has 16 heavy (non-hydrogen) atoms. The summed E-state index contributed by atoms with van der Waals surface area (Å²) in [6.07, 6.45) is 3.18. The lowest BCUT2D eigenvalue weighted by Gasteiger charge is -2.03. The van der Waals surface area contributed by atoms with Gasteiger partial charge in [0.15, 0.2) is 5.16 Å². The van der Waals surface area contributed by atoms with Gasteiger partial charge in [0, 0.05) is 23.7 Å². The molecule has 5 heteroatoms. The molecule has 0 bridgehead atoms. The molecule has 0 N–H and O–H groups in total. The molecule has 0 aliphatic heterocycles. The summed E-state index contributed by atoms with van der Waals surface area (Å²) in [6, 6.07) is 5.52. The zero-order valence-corrected chi connectivity index (χ0v) is 9.05. The van der Waals surface area contributed by atoms with E-state index in [2.05, 4.69) is 9.97 Å². The van der Waals surface area contributed by atoms with Crippen molar-refractivity contribution < 1.29 is 8.78 Å². The van der Waals surface area contributed by atoms with Crippen LogP contribution in [0.25, 0.3) is 0 Å². The minimum absolute atomic E-state index is 0.0555. The van der Waals surface area contributed by atoms with Crippen LogP contribution in [0.1, 0.15) is 5.56 Å². The second kappa shape index (κ2) is 5.03. The zero-order chi connectivity index (χ0) is 11.4. The van der Waals surface area contributed by atoms with E-state index in [1.54, 1.807) is 18.5 Å². The number of rotatable bonds is 3. The SMILES string of the molecule is Fc1cccc(F)c1CSc1ncccn1. The Kier molecular flexibility index (Phi) is 3.46. The molecule has 2 nitrogen and oxygen atoms in total. The van der Waals surface area contributed by atoms with Gasteiger partial charge in [0.1, 0.15) is 11.6 Å². The van der Waals surface area contributed by atoms with E-state index in [4.69, 9.17) is 0 Å². The average Bonchev–Trinajstić information content (AvgIpc) is 2.30.